The van der Waals surface area contributed by atoms with Gasteiger partial charge < -0.3 is 20.1 Å². The molecule has 3 rings (SSSR count). The lowest BCUT2D eigenvalue weighted by molar-refractivity contribution is -0.121. The van der Waals surface area contributed by atoms with Gasteiger partial charge in [-0.25, -0.2) is 4.98 Å². The Bertz CT molecular complexity index is 819. The second-order valence-corrected chi connectivity index (χ2v) is 7.22. The maximum Gasteiger partial charge on any atom is 0.231 e. The van der Waals surface area contributed by atoms with Crippen LogP contribution in [0.3, 0.4) is 0 Å². The van der Waals surface area contributed by atoms with Crippen molar-refractivity contribution in [2.45, 2.75) is 33.2 Å². The van der Waals surface area contributed by atoms with E-state index in [2.05, 4.69) is 15.6 Å². The highest BCUT2D eigenvalue weighted by molar-refractivity contribution is 7.13. The minimum Gasteiger partial charge on any atom is -0.454 e. The van der Waals surface area contributed by atoms with E-state index in [0.29, 0.717) is 22.3 Å². The van der Waals surface area contributed by atoms with Crippen molar-refractivity contribution in [2.75, 3.05) is 12.1 Å². The Morgan fingerprint density at radius 2 is 2.00 bits per heavy atom. The van der Waals surface area contributed by atoms with E-state index in [9.17, 15) is 9.59 Å². The van der Waals surface area contributed by atoms with Gasteiger partial charge in [-0.1, -0.05) is 19.9 Å². The van der Waals surface area contributed by atoms with Crippen molar-refractivity contribution in [3.63, 3.8) is 0 Å². The van der Waals surface area contributed by atoms with E-state index in [1.165, 1.54) is 11.3 Å². The van der Waals surface area contributed by atoms with Crippen molar-refractivity contribution in [3.05, 3.63) is 34.8 Å². The summed E-state index contributed by atoms with van der Waals surface area (Å²) in [5, 5.41) is 7.97. The van der Waals surface area contributed by atoms with Crippen LogP contribution in [0.5, 0.6) is 11.5 Å². The first-order valence-electron chi connectivity index (χ1n) is 8.36. The molecule has 0 bridgehead atoms. The smallest absolute Gasteiger partial charge is 0.231 e. The fourth-order valence-electron chi connectivity index (χ4n) is 2.42. The standard InChI is InChI=1S/C18H21N3O4S/c1-10(2)17(23)21-18-20-13(8-26-18)7-16(22)19-11(3)12-4-5-14-15(6-12)25-9-24-14/h4-6,8,10-11H,7,9H2,1-3H3,(H,19,22)(H,20,21,23). The van der Waals surface area contributed by atoms with Gasteiger partial charge in [-0.3, -0.25) is 9.59 Å². The molecule has 1 aliphatic rings. The Labute approximate surface area is 155 Å². The number of carbonyl (C=O) groups excluding carboxylic acids is 2. The number of ether oxygens (including phenoxy) is 2. The SMILES string of the molecule is CC(C)C(=O)Nc1nc(CC(=O)NC(C)c2ccc3c(c2)OCO3)cs1. The fraction of sp³-hybridized carbons (Fsp3) is 0.389. The largest absolute Gasteiger partial charge is 0.454 e. The van der Waals surface area contributed by atoms with E-state index >= 15 is 0 Å². The van der Waals surface area contributed by atoms with Gasteiger partial charge in [0.2, 0.25) is 18.6 Å². The number of benzene rings is 1. The molecule has 2 amide bonds. The van der Waals surface area contributed by atoms with E-state index in [0.717, 1.165) is 5.56 Å². The normalized spacial score (nSPS) is 13.5. The van der Waals surface area contributed by atoms with E-state index in [1.807, 2.05) is 39.0 Å². The van der Waals surface area contributed by atoms with Crippen LogP contribution in [-0.4, -0.2) is 23.6 Å². The maximum atomic E-state index is 12.3. The molecule has 0 spiro atoms. The average Bonchev–Trinajstić information content (AvgIpc) is 3.22. The number of hydrogen-bond acceptors (Lipinski definition) is 6. The summed E-state index contributed by atoms with van der Waals surface area (Å²) in [5.74, 6) is 1.06. The second-order valence-electron chi connectivity index (χ2n) is 6.37. The summed E-state index contributed by atoms with van der Waals surface area (Å²) < 4.78 is 10.7. The summed E-state index contributed by atoms with van der Waals surface area (Å²) in [6.07, 6.45) is 0.156. The molecule has 1 aromatic heterocycles. The molecule has 8 heteroatoms. The molecular weight excluding hydrogens is 354 g/mol. The topological polar surface area (TPSA) is 89.6 Å². The third-order valence-electron chi connectivity index (χ3n) is 3.92. The molecule has 1 aliphatic heterocycles. The quantitative estimate of drug-likeness (QED) is 0.810. The summed E-state index contributed by atoms with van der Waals surface area (Å²) in [4.78, 5) is 28.3. The van der Waals surface area contributed by atoms with Crippen molar-refractivity contribution in [3.8, 4) is 11.5 Å². The molecule has 26 heavy (non-hydrogen) atoms. The molecule has 2 heterocycles. The van der Waals surface area contributed by atoms with Crippen LogP contribution in [0.25, 0.3) is 0 Å². The molecular formula is C18H21N3O4S. The lowest BCUT2D eigenvalue weighted by Gasteiger charge is -2.14. The maximum absolute atomic E-state index is 12.3. The first-order chi connectivity index (χ1) is 12.4. The predicted octanol–water partition coefficient (Wildman–Crippen LogP) is 2.89. The van der Waals surface area contributed by atoms with Crippen LogP contribution in [-0.2, 0) is 16.0 Å². The summed E-state index contributed by atoms with van der Waals surface area (Å²) in [5.41, 5.74) is 1.57. The Balaban J connectivity index is 1.55. The third kappa shape index (κ3) is 4.32. The van der Waals surface area contributed by atoms with E-state index in [1.54, 1.807) is 5.38 Å². The predicted molar refractivity (Wildman–Crippen MR) is 98.4 cm³/mol. The van der Waals surface area contributed by atoms with Gasteiger partial charge in [-0.15, -0.1) is 11.3 Å². The Morgan fingerprint density at radius 1 is 1.23 bits per heavy atom. The highest BCUT2D eigenvalue weighted by Gasteiger charge is 2.18. The number of aromatic nitrogens is 1. The van der Waals surface area contributed by atoms with Crippen LogP contribution in [0.2, 0.25) is 0 Å². The van der Waals surface area contributed by atoms with Crippen LogP contribution in [0.4, 0.5) is 5.13 Å². The van der Waals surface area contributed by atoms with Crippen LogP contribution < -0.4 is 20.1 Å². The van der Waals surface area contributed by atoms with Gasteiger partial charge >= 0.3 is 0 Å². The van der Waals surface area contributed by atoms with Crippen molar-refractivity contribution in [2.24, 2.45) is 5.92 Å². The number of thiazole rings is 1. The zero-order chi connectivity index (χ0) is 18.7. The minimum absolute atomic E-state index is 0.0909. The Hall–Kier alpha value is -2.61. The first-order valence-corrected chi connectivity index (χ1v) is 9.24. The lowest BCUT2D eigenvalue weighted by atomic mass is 10.1. The van der Waals surface area contributed by atoms with E-state index in [4.69, 9.17) is 9.47 Å². The summed E-state index contributed by atoms with van der Waals surface area (Å²) >= 11 is 1.31. The molecule has 1 unspecified atom stereocenters. The number of nitrogens with one attached hydrogen (secondary N) is 2. The molecule has 0 radical (unpaired) electrons. The molecule has 1 atom stereocenters. The minimum atomic E-state index is -0.171. The van der Waals surface area contributed by atoms with Crippen LogP contribution >= 0.6 is 11.3 Å². The monoisotopic (exact) mass is 375 g/mol. The van der Waals surface area contributed by atoms with Crippen LogP contribution in [0.1, 0.15) is 38.1 Å². The molecule has 0 saturated carbocycles. The van der Waals surface area contributed by atoms with Crippen molar-refractivity contribution in [1.82, 2.24) is 10.3 Å². The molecule has 0 saturated heterocycles. The van der Waals surface area contributed by atoms with Crippen LogP contribution in [0.15, 0.2) is 23.6 Å². The van der Waals surface area contributed by atoms with Gasteiger partial charge in [-0.2, -0.15) is 0 Å². The molecule has 7 nitrogen and oxygen atoms in total. The molecule has 1 aromatic carbocycles. The van der Waals surface area contributed by atoms with Gasteiger partial charge in [0.05, 0.1) is 18.2 Å². The molecule has 0 fully saturated rings. The number of rotatable bonds is 6. The van der Waals surface area contributed by atoms with Crippen LogP contribution in [0, 0.1) is 5.92 Å². The number of carbonyl (C=O) groups is 2. The Morgan fingerprint density at radius 3 is 2.77 bits per heavy atom. The van der Waals surface area contributed by atoms with Gasteiger partial charge in [0, 0.05) is 11.3 Å². The number of amides is 2. The van der Waals surface area contributed by atoms with E-state index < -0.39 is 0 Å². The molecule has 2 N–H and O–H groups in total. The van der Waals surface area contributed by atoms with Crippen molar-refractivity contribution < 1.29 is 19.1 Å². The number of fused-ring (bicyclic) bond motifs is 1. The third-order valence-corrected chi connectivity index (χ3v) is 4.73. The van der Waals surface area contributed by atoms with Gasteiger partial charge in [0.15, 0.2) is 16.6 Å². The summed E-state index contributed by atoms with van der Waals surface area (Å²) in [6.45, 7) is 5.76. The van der Waals surface area contributed by atoms with E-state index in [-0.39, 0.29) is 37.0 Å². The molecule has 0 aliphatic carbocycles. The molecule has 138 valence electrons. The zero-order valence-electron chi connectivity index (χ0n) is 14.9. The number of nitrogens with zero attached hydrogens (tertiary/aromatic N) is 1. The second kappa shape index (κ2) is 7.74. The Kier molecular flexibility index (Phi) is 5.41. The summed E-state index contributed by atoms with van der Waals surface area (Å²) in [7, 11) is 0. The van der Waals surface area contributed by atoms with Gasteiger partial charge in [0.25, 0.3) is 0 Å². The van der Waals surface area contributed by atoms with Crippen molar-refractivity contribution >= 4 is 28.3 Å². The first kappa shape index (κ1) is 18.2. The highest BCUT2D eigenvalue weighted by atomic mass is 32.1. The van der Waals surface area contributed by atoms with Gasteiger partial charge in [0.1, 0.15) is 0 Å². The van der Waals surface area contributed by atoms with Gasteiger partial charge in [-0.05, 0) is 24.6 Å². The number of anilines is 1. The fourth-order valence-corrected chi connectivity index (χ4v) is 3.13. The van der Waals surface area contributed by atoms with Crippen molar-refractivity contribution in [1.29, 1.82) is 0 Å². The zero-order valence-corrected chi connectivity index (χ0v) is 15.7. The highest BCUT2D eigenvalue weighted by Crippen LogP contribution is 2.34. The lowest BCUT2D eigenvalue weighted by Crippen LogP contribution is -2.28. The summed E-state index contributed by atoms with van der Waals surface area (Å²) in [6, 6.07) is 5.44. The average molecular weight is 375 g/mol. The molecule has 2 aromatic rings. The number of hydrogen-bond donors (Lipinski definition) is 2.